The molecule has 1 amide bonds. The van der Waals surface area contributed by atoms with Crippen molar-refractivity contribution in [3.05, 3.63) is 53.5 Å². The van der Waals surface area contributed by atoms with E-state index in [0.717, 1.165) is 51.0 Å². The van der Waals surface area contributed by atoms with Crippen LogP contribution in [0.25, 0.3) is 0 Å². The number of aromatic nitrogens is 2. The number of piperidine rings is 1. The van der Waals surface area contributed by atoms with Gasteiger partial charge < -0.3 is 10.2 Å². The molecular formula is C23H30N4O. The lowest BCUT2D eigenvalue weighted by Gasteiger charge is -2.33. The molecule has 0 atom stereocenters. The Morgan fingerprint density at radius 2 is 1.79 bits per heavy atom. The first kappa shape index (κ1) is 18.9. The minimum absolute atomic E-state index is 0.0578. The third-order valence-electron chi connectivity index (χ3n) is 6.05. The minimum atomic E-state index is -0.0578. The first-order chi connectivity index (χ1) is 13.7. The highest BCUT2D eigenvalue weighted by Crippen LogP contribution is 2.25. The number of carbonyl (C=O) groups is 1. The van der Waals surface area contributed by atoms with Crippen molar-refractivity contribution in [2.24, 2.45) is 5.92 Å². The molecule has 28 heavy (non-hydrogen) atoms. The average Bonchev–Trinajstić information content (AvgIpc) is 3.22. The summed E-state index contributed by atoms with van der Waals surface area (Å²) in [7, 11) is 0. The normalized spacial score (nSPS) is 18.4. The molecule has 0 radical (unpaired) electrons. The molecule has 1 aliphatic carbocycles. The van der Waals surface area contributed by atoms with E-state index in [-0.39, 0.29) is 5.91 Å². The van der Waals surface area contributed by atoms with Crippen LogP contribution in [0.1, 0.15) is 60.4 Å². The van der Waals surface area contributed by atoms with Gasteiger partial charge in [-0.05, 0) is 50.5 Å². The number of hydrogen-bond acceptors (Lipinski definition) is 4. The van der Waals surface area contributed by atoms with Crippen LogP contribution in [0.4, 0.5) is 5.82 Å². The van der Waals surface area contributed by atoms with Crippen molar-refractivity contribution < 1.29 is 4.79 Å². The molecule has 2 fully saturated rings. The molecule has 1 aromatic heterocycles. The lowest BCUT2D eigenvalue weighted by Crippen LogP contribution is -2.36. The van der Waals surface area contributed by atoms with Crippen molar-refractivity contribution in [1.29, 1.82) is 0 Å². The second kappa shape index (κ2) is 8.72. The van der Waals surface area contributed by atoms with Crippen molar-refractivity contribution in [1.82, 2.24) is 15.3 Å². The van der Waals surface area contributed by atoms with Crippen LogP contribution in [0.15, 0.2) is 36.4 Å². The number of benzene rings is 1. The minimum Gasteiger partial charge on any atom is -0.356 e. The number of rotatable bonds is 5. The van der Waals surface area contributed by atoms with E-state index < -0.39 is 0 Å². The maximum atomic E-state index is 12.6. The second-order valence-corrected chi connectivity index (χ2v) is 8.23. The van der Waals surface area contributed by atoms with Crippen molar-refractivity contribution in [2.45, 2.75) is 57.9 Å². The number of hydrogen-bond donors (Lipinski definition) is 1. The molecule has 1 aliphatic heterocycles. The molecule has 4 rings (SSSR count). The Labute approximate surface area is 167 Å². The molecule has 2 heterocycles. The van der Waals surface area contributed by atoms with E-state index >= 15 is 0 Å². The Morgan fingerprint density at radius 1 is 1.07 bits per heavy atom. The van der Waals surface area contributed by atoms with Crippen LogP contribution in [0, 0.1) is 12.8 Å². The van der Waals surface area contributed by atoms with Crippen molar-refractivity contribution in [3.63, 3.8) is 0 Å². The van der Waals surface area contributed by atoms with Gasteiger partial charge in [-0.25, -0.2) is 9.97 Å². The van der Waals surface area contributed by atoms with Crippen molar-refractivity contribution >= 4 is 11.7 Å². The summed E-state index contributed by atoms with van der Waals surface area (Å²) in [6.45, 7) is 3.84. The Morgan fingerprint density at radius 3 is 2.50 bits per heavy atom. The Kier molecular flexibility index (Phi) is 5.89. The standard InChI is InChI=1S/C23H30N4O/c1-17-24-21(23(28)26-20-9-5-6-10-20)16-22(25-17)27-13-11-19(12-14-27)15-18-7-3-2-4-8-18/h2-4,7-8,16,19-20H,5-6,9-15H2,1H3,(H,26,28). The maximum absolute atomic E-state index is 12.6. The Hall–Kier alpha value is -2.43. The molecular weight excluding hydrogens is 348 g/mol. The number of aryl methyl sites for hydroxylation is 1. The molecule has 0 unspecified atom stereocenters. The lowest BCUT2D eigenvalue weighted by atomic mass is 9.90. The van der Waals surface area contributed by atoms with E-state index in [0.29, 0.717) is 23.5 Å². The molecule has 0 spiro atoms. The highest BCUT2D eigenvalue weighted by molar-refractivity contribution is 5.93. The molecule has 148 valence electrons. The molecule has 2 aliphatic rings. The number of carbonyl (C=O) groups excluding carboxylic acids is 1. The number of amides is 1. The fourth-order valence-corrected chi connectivity index (χ4v) is 4.47. The Balaban J connectivity index is 1.38. The molecule has 0 bridgehead atoms. The van der Waals surface area contributed by atoms with Gasteiger partial charge in [0.05, 0.1) is 0 Å². The first-order valence-electron chi connectivity index (χ1n) is 10.6. The predicted octanol–water partition coefficient (Wildman–Crippen LogP) is 3.92. The summed E-state index contributed by atoms with van der Waals surface area (Å²) in [5, 5.41) is 3.14. The third kappa shape index (κ3) is 4.70. The van der Waals surface area contributed by atoms with E-state index in [9.17, 15) is 4.79 Å². The largest absolute Gasteiger partial charge is 0.356 e. The lowest BCUT2D eigenvalue weighted by molar-refractivity contribution is 0.0932. The van der Waals surface area contributed by atoms with Gasteiger partial charge in [0.15, 0.2) is 0 Å². The van der Waals surface area contributed by atoms with Gasteiger partial charge in [-0.2, -0.15) is 0 Å². The quantitative estimate of drug-likeness (QED) is 0.857. The second-order valence-electron chi connectivity index (χ2n) is 8.23. The van der Waals surface area contributed by atoms with Crippen LogP contribution in [0.2, 0.25) is 0 Å². The van der Waals surface area contributed by atoms with Gasteiger partial charge in [-0.15, -0.1) is 0 Å². The summed E-state index contributed by atoms with van der Waals surface area (Å²) in [5.74, 6) is 2.21. The number of anilines is 1. The van der Waals surface area contributed by atoms with Crippen LogP contribution in [0.5, 0.6) is 0 Å². The van der Waals surface area contributed by atoms with Crippen molar-refractivity contribution in [2.75, 3.05) is 18.0 Å². The molecule has 2 aromatic rings. The van der Waals surface area contributed by atoms with Crippen LogP contribution >= 0.6 is 0 Å². The fraction of sp³-hybridized carbons (Fsp3) is 0.522. The van der Waals surface area contributed by atoms with Crippen molar-refractivity contribution in [3.8, 4) is 0 Å². The summed E-state index contributed by atoms with van der Waals surface area (Å²) in [6, 6.07) is 12.9. The molecule has 1 N–H and O–H groups in total. The highest BCUT2D eigenvalue weighted by atomic mass is 16.1. The van der Waals surface area contributed by atoms with Crippen LogP contribution in [-0.4, -0.2) is 35.0 Å². The first-order valence-corrected chi connectivity index (χ1v) is 10.6. The summed E-state index contributed by atoms with van der Waals surface area (Å²) in [4.78, 5) is 23.9. The topological polar surface area (TPSA) is 58.1 Å². The predicted molar refractivity (Wildman–Crippen MR) is 112 cm³/mol. The summed E-state index contributed by atoms with van der Waals surface area (Å²) in [6.07, 6.45) is 8.03. The SMILES string of the molecule is Cc1nc(C(=O)NC2CCCC2)cc(N2CCC(Cc3ccccc3)CC2)n1. The van der Waals surface area contributed by atoms with Crippen LogP contribution < -0.4 is 10.2 Å². The van der Waals surface area contributed by atoms with Gasteiger partial charge in [0.25, 0.3) is 5.91 Å². The van der Waals surface area contributed by atoms with Gasteiger partial charge in [0, 0.05) is 25.2 Å². The van der Waals surface area contributed by atoms with Gasteiger partial charge in [-0.1, -0.05) is 43.2 Å². The zero-order valence-corrected chi connectivity index (χ0v) is 16.7. The highest BCUT2D eigenvalue weighted by Gasteiger charge is 2.23. The molecule has 1 aromatic carbocycles. The summed E-state index contributed by atoms with van der Waals surface area (Å²) >= 11 is 0. The van der Waals surface area contributed by atoms with E-state index in [1.807, 2.05) is 13.0 Å². The average molecular weight is 379 g/mol. The van der Waals surface area contributed by atoms with Gasteiger partial charge in [0.2, 0.25) is 0 Å². The summed E-state index contributed by atoms with van der Waals surface area (Å²) < 4.78 is 0. The smallest absolute Gasteiger partial charge is 0.270 e. The van der Waals surface area contributed by atoms with E-state index in [1.165, 1.54) is 18.4 Å². The zero-order valence-electron chi connectivity index (χ0n) is 16.7. The molecule has 5 heteroatoms. The van der Waals surface area contributed by atoms with Gasteiger partial charge >= 0.3 is 0 Å². The van der Waals surface area contributed by atoms with E-state index in [1.54, 1.807) is 0 Å². The molecule has 1 saturated carbocycles. The summed E-state index contributed by atoms with van der Waals surface area (Å²) in [5.41, 5.74) is 1.92. The number of nitrogens with zero attached hydrogens (tertiary/aromatic N) is 3. The zero-order chi connectivity index (χ0) is 19.3. The monoisotopic (exact) mass is 378 g/mol. The van der Waals surface area contributed by atoms with Crippen LogP contribution in [-0.2, 0) is 6.42 Å². The van der Waals surface area contributed by atoms with E-state index in [4.69, 9.17) is 0 Å². The molecule has 1 saturated heterocycles. The number of nitrogens with one attached hydrogen (secondary N) is 1. The fourth-order valence-electron chi connectivity index (χ4n) is 4.47. The van der Waals surface area contributed by atoms with Gasteiger partial charge in [0.1, 0.15) is 17.3 Å². The van der Waals surface area contributed by atoms with E-state index in [2.05, 4.69) is 50.5 Å². The molecule has 5 nitrogen and oxygen atoms in total. The third-order valence-corrected chi connectivity index (χ3v) is 6.05. The van der Waals surface area contributed by atoms with Crippen LogP contribution in [0.3, 0.4) is 0 Å². The van der Waals surface area contributed by atoms with Gasteiger partial charge in [-0.3, -0.25) is 4.79 Å². The Bertz CT molecular complexity index is 794. The maximum Gasteiger partial charge on any atom is 0.270 e.